The third kappa shape index (κ3) is 3.83. The van der Waals surface area contributed by atoms with Crippen molar-refractivity contribution in [2.45, 2.75) is 27.3 Å². The van der Waals surface area contributed by atoms with Gasteiger partial charge >= 0.3 is 0 Å². The SMILES string of the molecule is CCN=C1C(=C(C)C)C(NCc2cccc(OC)c2)=CC(=O)N1O. The van der Waals surface area contributed by atoms with Crippen molar-refractivity contribution < 1.29 is 14.7 Å². The van der Waals surface area contributed by atoms with Crippen molar-refractivity contribution in [1.29, 1.82) is 0 Å². The van der Waals surface area contributed by atoms with Crippen LogP contribution in [0.15, 0.2) is 52.2 Å². The molecule has 2 rings (SSSR count). The number of nitrogens with zero attached hydrogens (tertiary/aromatic N) is 2. The number of allylic oxidation sites excluding steroid dienone is 1. The Morgan fingerprint density at radius 3 is 2.75 bits per heavy atom. The number of methoxy groups -OCH3 is 1. The second-order valence-electron chi connectivity index (χ2n) is 5.59. The van der Waals surface area contributed by atoms with Gasteiger partial charge in [0.05, 0.1) is 12.8 Å². The summed E-state index contributed by atoms with van der Waals surface area (Å²) < 4.78 is 5.22. The molecule has 0 spiro atoms. The summed E-state index contributed by atoms with van der Waals surface area (Å²) in [5.41, 5.74) is 3.37. The Labute approximate surface area is 142 Å². The maximum atomic E-state index is 12.0. The van der Waals surface area contributed by atoms with Gasteiger partial charge in [0.15, 0.2) is 5.84 Å². The molecule has 6 heteroatoms. The largest absolute Gasteiger partial charge is 0.497 e. The van der Waals surface area contributed by atoms with E-state index < -0.39 is 5.91 Å². The molecule has 128 valence electrons. The van der Waals surface area contributed by atoms with Crippen LogP contribution in [0.5, 0.6) is 5.75 Å². The molecule has 6 nitrogen and oxygen atoms in total. The number of nitrogens with one attached hydrogen (secondary N) is 1. The van der Waals surface area contributed by atoms with E-state index in [4.69, 9.17) is 4.74 Å². The Balaban J connectivity index is 2.30. The average Bonchev–Trinajstić information content (AvgIpc) is 2.57. The van der Waals surface area contributed by atoms with E-state index in [-0.39, 0.29) is 5.84 Å². The van der Waals surface area contributed by atoms with Gasteiger partial charge in [0.25, 0.3) is 5.91 Å². The Bertz CT molecular complexity index is 716. The van der Waals surface area contributed by atoms with E-state index >= 15 is 0 Å². The van der Waals surface area contributed by atoms with Crippen LogP contribution in [0.3, 0.4) is 0 Å². The molecule has 0 radical (unpaired) electrons. The third-order valence-electron chi connectivity index (χ3n) is 3.60. The van der Waals surface area contributed by atoms with E-state index in [0.717, 1.165) is 22.5 Å². The fraction of sp³-hybridized carbons (Fsp3) is 0.333. The number of hydroxylamine groups is 2. The predicted molar refractivity (Wildman–Crippen MR) is 92.9 cm³/mol. The number of amidine groups is 1. The van der Waals surface area contributed by atoms with E-state index in [1.165, 1.54) is 6.08 Å². The fourth-order valence-electron chi connectivity index (χ4n) is 2.50. The second kappa shape index (κ2) is 7.79. The lowest BCUT2D eigenvalue weighted by atomic mass is 10.0. The van der Waals surface area contributed by atoms with Crippen LogP contribution < -0.4 is 10.1 Å². The molecule has 0 fully saturated rings. The number of carbonyl (C=O) groups is 1. The van der Waals surface area contributed by atoms with Crippen LogP contribution in [0, 0.1) is 0 Å². The summed E-state index contributed by atoms with van der Waals surface area (Å²) >= 11 is 0. The molecular formula is C18H23N3O3. The quantitative estimate of drug-likeness (QED) is 0.815. The zero-order valence-electron chi connectivity index (χ0n) is 14.5. The number of rotatable bonds is 5. The molecule has 0 bridgehead atoms. The van der Waals surface area contributed by atoms with E-state index in [1.54, 1.807) is 7.11 Å². The minimum absolute atomic E-state index is 0.276. The summed E-state index contributed by atoms with van der Waals surface area (Å²) in [5, 5.41) is 13.9. The van der Waals surface area contributed by atoms with Crippen LogP contribution in [-0.2, 0) is 11.3 Å². The minimum atomic E-state index is -0.514. The molecule has 0 atom stereocenters. The lowest BCUT2D eigenvalue weighted by Gasteiger charge is -2.27. The topological polar surface area (TPSA) is 74.2 Å². The van der Waals surface area contributed by atoms with Crippen molar-refractivity contribution in [1.82, 2.24) is 10.4 Å². The summed E-state index contributed by atoms with van der Waals surface area (Å²) in [6.45, 7) is 6.70. The zero-order chi connectivity index (χ0) is 17.7. The van der Waals surface area contributed by atoms with Crippen LogP contribution in [0.2, 0.25) is 0 Å². The van der Waals surface area contributed by atoms with Crippen molar-refractivity contribution in [3.8, 4) is 5.75 Å². The van der Waals surface area contributed by atoms with Gasteiger partial charge in [0.2, 0.25) is 0 Å². The number of benzene rings is 1. The van der Waals surface area contributed by atoms with Gasteiger partial charge in [-0.25, -0.2) is 0 Å². The molecule has 2 N–H and O–H groups in total. The van der Waals surface area contributed by atoms with Gasteiger partial charge in [0.1, 0.15) is 5.75 Å². The summed E-state index contributed by atoms with van der Waals surface area (Å²) in [6, 6.07) is 7.70. The highest BCUT2D eigenvalue weighted by Gasteiger charge is 2.29. The van der Waals surface area contributed by atoms with Gasteiger partial charge in [0, 0.05) is 24.7 Å². The van der Waals surface area contributed by atoms with Crippen LogP contribution in [0.25, 0.3) is 0 Å². The van der Waals surface area contributed by atoms with Crippen molar-refractivity contribution in [2.24, 2.45) is 4.99 Å². The molecule has 24 heavy (non-hydrogen) atoms. The molecular weight excluding hydrogens is 306 g/mol. The number of hydrogen-bond acceptors (Lipinski definition) is 5. The highest BCUT2D eigenvalue weighted by atomic mass is 16.5. The maximum absolute atomic E-state index is 12.0. The zero-order valence-corrected chi connectivity index (χ0v) is 14.5. The van der Waals surface area contributed by atoms with E-state index in [1.807, 2.05) is 45.0 Å². The summed E-state index contributed by atoms with van der Waals surface area (Å²) in [6.07, 6.45) is 1.39. The monoisotopic (exact) mass is 329 g/mol. The maximum Gasteiger partial charge on any atom is 0.278 e. The first-order chi connectivity index (χ1) is 11.5. The van der Waals surface area contributed by atoms with E-state index in [0.29, 0.717) is 23.8 Å². The number of carbonyl (C=O) groups excluding carboxylic acids is 1. The van der Waals surface area contributed by atoms with Gasteiger partial charge in [-0.15, -0.1) is 0 Å². The second-order valence-corrected chi connectivity index (χ2v) is 5.59. The Morgan fingerprint density at radius 2 is 2.12 bits per heavy atom. The highest BCUT2D eigenvalue weighted by Crippen LogP contribution is 2.22. The highest BCUT2D eigenvalue weighted by molar-refractivity contribution is 6.15. The molecule has 0 saturated carbocycles. The van der Waals surface area contributed by atoms with Gasteiger partial charge < -0.3 is 10.1 Å². The lowest BCUT2D eigenvalue weighted by Crippen LogP contribution is -2.41. The van der Waals surface area contributed by atoms with Crippen molar-refractivity contribution in [3.05, 3.63) is 52.7 Å². The van der Waals surface area contributed by atoms with Gasteiger partial charge in [-0.05, 0) is 38.5 Å². The molecule has 1 aromatic rings. The minimum Gasteiger partial charge on any atom is -0.497 e. The first kappa shape index (κ1) is 17.7. The van der Waals surface area contributed by atoms with Crippen LogP contribution >= 0.6 is 0 Å². The molecule has 0 aromatic heterocycles. The number of ether oxygens (including phenoxy) is 1. The Kier molecular flexibility index (Phi) is 5.76. The van der Waals surface area contributed by atoms with Crippen LogP contribution in [0.4, 0.5) is 0 Å². The summed E-state index contributed by atoms with van der Waals surface area (Å²) in [4.78, 5) is 16.3. The number of hydrogen-bond donors (Lipinski definition) is 2. The predicted octanol–water partition coefficient (Wildman–Crippen LogP) is 2.65. The van der Waals surface area contributed by atoms with Crippen molar-refractivity contribution in [3.63, 3.8) is 0 Å². The molecule has 1 aliphatic rings. The first-order valence-electron chi connectivity index (χ1n) is 7.82. The van der Waals surface area contributed by atoms with E-state index in [9.17, 15) is 10.0 Å². The van der Waals surface area contributed by atoms with Gasteiger partial charge in [-0.2, -0.15) is 5.06 Å². The fourth-order valence-corrected chi connectivity index (χ4v) is 2.50. The molecule has 1 heterocycles. The van der Waals surface area contributed by atoms with Gasteiger partial charge in [-0.3, -0.25) is 15.0 Å². The molecule has 0 saturated heterocycles. The van der Waals surface area contributed by atoms with Crippen LogP contribution in [-0.4, -0.2) is 35.7 Å². The summed E-state index contributed by atoms with van der Waals surface area (Å²) in [7, 11) is 1.62. The van der Waals surface area contributed by atoms with Crippen LogP contribution in [0.1, 0.15) is 26.3 Å². The number of aliphatic imine (C=N–C) groups is 1. The van der Waals surface area contributed by atoms with Crippen molar-refractivity contribution >= 4 is 11.7 Å². The van der Waals surface area contributed by atoms with E-state index in [2.05, 4.69) is 10.3 Å². The first-order valence-corrected chi connectivity index (χ1v) is 7.82. The average molecular weight is 329 g/mol. The molecule has 1 aromatic carbocycles. The Morgan fingerprint density at radius 1 is 1.38 bits per heavy atom. The molecule has 0 aliphatic carbocycles. The summed E-state index contributed by atoms with van der Waals surface area (Å²) in [5.74, 6) is 0.540. The lowest BCUT2D eigenvalue weighted by molar-refractivity contribution is -0.143. The molecule has 0 unspecified atom stereocenters. The standard InChI is InChI=1S/C18H23N3O3/c1-5-19-18-17(12(2)3)15(10-16(22)21(18)23)20-11-13-7-6-8-14(9-13)24-4/h6-10,20,23H,5,11H2,1-4H3. The number of amides is 1. The van der Waals surface area contributed by atoms with Crippen molar-refractivity contribution in [2.75, 3.05) is 13.7 Å². The third-order valence-corrected chi connectivity index (χ3v) is 3.60. The Hall–Kier alpha value is -2.60. The molecule has 1 aliphatic heterocycles. The smallest absolute Gasteiger partial charge is 0.278 e. The molecule has 1 amide bonds. The normalized spacial score (nSPS) is 16.3. The van der Waals surface area contributed by atoms with Gasteiger partial charge in [-0.1, -0.05) is 17.7 Å².